The molecule has 0 aliphatic heterocycles. The lowest BCUT2D eigenvalue weighted by Gasteiger charge is -2.34. The van der Waals surface area contributed by atoms with Crippen molar-refractivity contribution in [3.8, 4) is 44.5 Å². The van der Waals surface area contributed by atoms with Crippen molar-refractivity contribution >= 4 is 55.3 Å². The SMILES string of the molecule is C[Si](C)(C)c1ccc(-c2ccc(-c3ccc([Si](c4ccccc4)(c4ccccc4)c4ccc(-c5ccc(-c6ccc([Si](C)(C)C)cc6)cc5)cc4)cc3)cc2)cc1. The summed E-state index contributed by atoms with van der Waals surface area (Å²) >= 11 is 0. The molecule has 8 aromatic rings. The van der Waals surface area contributed by atoms with Gasteiger partial charge in [0.25, 0.3) is 0 Å². The van der Waals surface area contributed by atoms with Gasteiger partial charge in [0, 0.05) is 0 Å². The largest absolute Gasteiger partial charge is 0.179 e. The van der Waals surface area contributed by atoms with Crippen LogP contribution in [0.25, 0.3) is 44.5 Å². The molecule has 8 rings (SSSR count). The van der Waals surface area contributed by atoms with E-state index >= 15 is 0 Å². The lowest BCUT2D eigenvalue weighted by atomic mass is 10.0. The Balaban J connectivity index is 1.13. The fourth-order valence-corrected chi connectivity index (χ4v) is 15.3. The first-order chi connectivity index (χ1) is 27.5. The van der Waals surface area contributed by atoms with Crippen molar-refractivity contribution in [1.82, 2.24) is 0 Å². The minimum atomic E-state index is -2.68. The summed E-state index contributed by atoms with van der Waals surface area (Å²) in [5.41, 5.74) is 9.97. The van der Waals surface area contributed by atoms with E-state index in [0.717, 1.165) is 0 Å². The van der Waals surface area contributed by atoms with Crippen LogP contribution in [0.2, 0.25) is 39.3 Å². The fraction of sp³-hybridized carbons (Fsp3) is 0.111. The highest BCUT2D eigenvalue weighted by Gasteiger charge is 2.41. The predicted octanol–water partition coefficient (Wildman–Crippen LogP) is 10.8. The van der Waals surface area contributed by atoms with Crippen LogP contribution in [0.1, 0.15) is 0 Å². The Hall–Kier alpha value is -5.59. The van der Waals surface area contributed by atoms with Crippen molar-refractivity contribution in [3.63, 3.8) is 0 Å². The molecule has 0 heterocycles. The third-order valence-electron chi connectivity index (χ3n) is 11.7. The van der Waals surface area contributed by atoms with E-state index in [9.17, 15) is 0 Å². The zero-order chi connectivity index (χ0) is 39.6. The van der Waals surface area contributed by atoms with Gasteiger partial charge in [-0.05, 0) is 65.3 Å². The number of hydrogen-bond donors (Lipinski definition) is 0. The number of benzene rings is 8. The van der Waals surface area contributed by atoms with Gasteiger partial charge in [0.15, 0.2) is 8.07 Å². The summed E-state index contributed by atoms with van der Waals surface area (Å²) in [6.07, 6.45) is 0. The number of rotatable bonds is 10. The van der Waals surface area contributed by atoms with Gasteiger partial charge in [0.2, 0.25) is 0 Å². The molecule has 0 atom stereocenters. The Morgan fingerprint density at radius 3 is 0.579 bits per heavy atom. The molecule has 0 spiro atoms. The molecule has 8 aromatic carbocycles. The average Bonchev–Trinajstić information content (AvgIpc) is 3.25. The maximum absolute atomic E-state index is 2.68. The van der Waals surface area contributed by atoms with Gasteiger partial charge in [-0.25, -0.2) is 0 Å². The van der Waals surface area contributed by atoms with E-state index in [2.05, 4.69) is 246 Å². The Bertz CT molecular complexity index is 2360. The Morgan fingerprint density at radius 2 is 0.368 bits per heavy atom. The van der Waals surface area contributed by atoms with E-state index in [1.54, 1.807) is 0 Å². The van der Waals surface area contributed by atoms with Crippen LogP contribution in [0.15, 0.2) is 206 Å². The van der Waals surface area contributed by atoms with Crippen molar-refractivity contribution in [1.29, 1.82) is 0 Å². The Morgan fingerprint density at radius 1 is 0.193 bits per heavy atom. The van der Waals surface area contributed by atoms with Crippen LogP contribution in [0, 0.1) is 0 Å². The Labute approximate surface area is 343 Å². The summed E-state index contributed by atoms with van der Waals surface area (Å²) in [7, 11) is -5.33. The smallest absolute Gasteiger partial charge is 0.0656 e. The first-order valence-electron chi connectivity index (χ1n) is 20.2. The highest BCUT2D eigenvalue weighted by Crippen LogP contribution is 2.27. The quantitative estimate of drug-likeness (QED) is 0.0957. The molecule has 0 radical (unpaired) electrons. The van der Waals surface area contributed by atoms with Crippen molar-refractivity contribution in [2.75, 3.05) is 0 Å². The highest BCUT2D eigenvalue weighted by atomic mass is 28.3. The van der Waals surface area contributed by atoms with E-state index in [1.165, 1.54) is 75.6 Å². The van der Waals surface area contributed by atoms with Crippen LogP contribution in [0.4, 0.5) is 0 Å². The standard InChI is InChI=1S/C54H52Si3/c1-55(2,3)49-33-25-45(26-34-49)41-17-21-43(22-18-41)47-29-37-53(38-30-47)57(51-13-9-7-10-14-51,52-15-11-8-12-16-52)54-39-31-48(32-40-54)44-23-19-42(20-24-44)46-27-35-50(36-28-46)56(4,5)6/h7-40H,1-6H3. The third-order valence-corrected chi connectivity index (χ3v) is 20.6. The number of hydrogen-bond acceptors (Lipinski definition) is 0. The molecule has 280 valence electrons. The van der Waals surface area contributed by atoms with E-state index in [1.807, 2.05) is 0 Å². The second-order valence-electron chi connectivity index (χ2n) is 17.4. The van der Waals surface area contributed by atoms with Crippen LogP contribution in [-0.2, 0) is 0 Å². The third kappa shape index (κ3) is 7.88. The molecule has 0 saturated heterocycles. The summed E-state index contributed by atoms with van der Waals surface area (Å²) in [4.78, 5) is 0. The second kappa shape index (κ2) is 15.7. The van der Waals surface area contributed by atoms with Crippen LogP contribution in [0.5, 0.6) is 0 Å². The van der Waals surface area contributed by atoms with Crippen LogP contribution < -0.4 is 31.1 Å². The maximum Gasteiger partial charge on any atom is 0.179 e. The lowest BCUT2D eigenvalue weighted by Crippen LogP contribution is -2.74. The Kier molecular flexibility index (Phi) is 10.6. The molecule has 0 unspecified atom stereocenters. The first-order valence-corrected chi connectivity index (χ1v) is 29.2. The van der Waals surface area contributed by atoms with E-state index in [4.69, 9.17) is 0 Å². The summed E-state index contributed by atoms with van der Waals surface area (Å²) in [6, 6.07) is 77.9. The molecule has 0 nitrogen and oxygen atoms in total. The fourth-order valence-electron chi connectivity index (χ4n) is 8.24. The molecule has 0 aliphatic carbocycles. The van der Waals surface area contributed by atoms with Crippen molar-refractivity contribution in [2.45, 2.75) is 39.3 Å². The summed E-state index contributed by atoms with van der Waals surface area (Å²) in [5.74, 6) is 0. The molecule has 3 heteroatoms. The van der Waals surface area contributed by atoms with Crippen molar-refractivity contribution < 1.29 is 0 Å². The minimum absolute atomic E-state index is 1.23. The van der Waals surface area contributed by atoms with Gasteiger partial charge in [0.1, 0.15) is 0 Å². The maximum atomic E-state index is 2.40. The molecule has 0 bridgehead atoms. The molecule has 0 N–H and O–H groups in total. The van der Waals surface area contributed by atoms with Crippen LogP contribution in [-0.4, -0.2) is 24.2 Å². The van der Waals surface area contributed by atoms with Gasteiger partial charge in [-0.15, -0.1) is 0 Å². The summed E-state index contributed by atoms with van der Waals surface area (Å²) in [5, 5.41) is 8.50. The molecule has 0 fully saturated rings. The van der Waals surface area contributed by atoms with Gasteiger partial charge < -0.3 is 0 Å². The van der Waals surface area contributed by atoms with E-state index in [-0.39, 0.29) is 0 Å². The summed E-state index contributed by atoms with van der Waals surface area (Å²) < 4.78 is 0. The second-order valence-corrected chi connectivity index (χ2v) is 31.4. The monoisotopic (exact) mass is 784 g/mol. The van der Waals surface area contributed by atoms with E-state index < -0.39 is 24.2 Å². The molecular weight excluding hydrogens is 733 g/mol. The topological polar surface area (TPSA) is 0 Å². The predicted molar refractivity (Wildman–Crippen MR) is 258 cm³/mol. The van der Waals surface area contributed by atoms with E-state index in [0.29, 0.717) is 0 Å². The molecule has 0 aromatic heterocycles. The van der Waals surface area contributed by atoms with Gasteiger partial charge >= 0.3 is 0 Å². The van der Waals surface area contributed by atoms with Gasteiger partial charge in [-0.2, -0.15) is 0 Å². The zero-order valence-corrected chi connectivity index (χ0v) is 37.1. The molecule has 57 heavy (non-hydrogen) atoms. The minimum Gasteiger partial charge on any atom is -0.0656 e. The lowest BCUT2D eigenvalue weighted by molar-refractivity contribution is 1.59. The first kappa shape index (κ1) is 38.3. The molecule has 0 amide bonds. The molecule has 0 saturated carbocycles. The van der Waals surface area contributed by atoms with Gasteiger partial charge in [-0.1, -0.05) is 256 Å². The van der Waals surface area contributed by atoms with Crippen LogP contribution >= 0.6 is 0 Å². The molecular formula is C54H52Si3. The van der Waals surface area contributed by atoms with Crippen molar-refractivity contribution in [3.05, 3.63) is 206 Å². The zero-order valence-electron chi connectivity index (χ0n) is 34.1. The highest BCUT2D eigenvalue weighted by molar-refractivity contribution is 7.19. The van der Waals surface area contributed by atoms with Gasteiger partial charge in [-0.3, -0.25) is 0 Å². The average molecular weight is 785 g/mol. The van der Waals surface area contributed by atoms with Gasteiger partial charge in [0.05, 0.1) is 16.1 Å². The van der Waals surface area contributed by atoms with Crippen LogP contribution in [0.3, 0.4) is 0 Å². The summed E-state index contributed by atoms with van der Waals surface area (Å²) in [6.45, 7) is 14.4. The van der Waals surface area contributed by atoms with Crippen molar-refractivity contribution in [2.24, 2.45) is 0 Å². The molecule has 0 aliphatic rings. The normalized spacial score (nSPS) is 12.0.